The highest BCUT2D eigenvalue weighted by Gasteiger charge is 2.45. The van der Waals surface area contributed by atoms with Crippen LogP contribution in [0.1, 0.15) is 53.6 Å². The second-order valence-corrected chi connectivity index (χ2v) is 10.2. The molecular weight excluding hydrogens is 484 g/mol. The number of likely N-dealkylation sites (tertiary alicyclic amines) is 1. The Labute approximate surface area is 219 Å². The Morgan fingerprint density at radius 2 is 1.68 bits per heavy atom. The Kier molecular flexibility index (Phi) is 6.75. The van der Waals surface area contributed by atoms with Crippen molar-refractivity contribution < 1.29 is 13.3 Å². The van der Waals surface area contributed by atoms with Crippen molar-refractivity contribution in [3.8, 4) is 23.5 Å². The van der Waals surface area contributed by atoms with Gasteiger partial charge in [-0.25, -0.2) is 8.78 Å². The Morgan fingerprint density at radius 3 is 2.32 bits per heavy atom. The Hall–Kier alpha value is -4.40. The van der Waals surface area contributed by atoms with E-state index < -0.39 is 17.4 Å². The van der Waals surface area contributed by atoms with Gasteiger partial charge in [0.05, 0.1) is 29.3 Å². The van der Waals surface area contributed by atoms with Gasteiger partial charge in [0.2, 0.25) is 12.2 Å². The van der Waals surface area contributed by atoms with Gasteiger partial charge in [0.15, 0.2) is 0 Å². The van der Waals surface area contributed by atoms with Gasteiger partial charge < -0.3 is 4.52 Å². The molecule has 2 atom stereocenters. The molecule has 1 aliphatic heterocycles. The summed E-state index contributed by atoms with van der Waals surface area (Å²) in [6, 6.07) is 23.4. The van der Waals surface area contributed by atoms with Crippen LogP contribution in [0.5, 0.6) is 0 Å². The van der Waals surface area contributed by atoms with Crippen molar-refractivity contribution in [1.82, 2.24) is 15.0 Å². The first-order valence-corrected chi connectivity index (χ1v) is 12.3. The summed E-state index contributed by atoms with van der Waals surface area (Å²) in [4.78, 5) is 6.23. The molecule has 190 valence electrons. The van der Waals surface area contributed by atoms with Crippen LogP contribution < -0.4 is 0 Å². The maximum Gasteiger partial charge on any atom is 0.214 e. The number of halogens is 2. The molecule has 5 rings (SSSR count). The lowest BCUT2D eigenvalue weighted by Crippen LogP contribution is -2.53. The molecule has 0 spiro atoms. The fraction of sp³-hybridized carbons (Fsp3) is 0.267. The number of alkyl halides is 1. The van der Waals surface area contributed by atoms with E-state index in [4.69, 9.17) is 4.52 Å². The molecule has 0 N–H and O–H groups in total. The summed E-state index contributed by atoms with van der Waals surface area (Å²) in [5.74, 6) is -0.909. The van der Waals surface area contributed by atoms with Gasteiger partial charge in [0.25, 0.3) is 0 Å². The number of hydrogen-bond acceptors (Lipinski definition) is 6. The predicted molar refractivity (Wildman–Crippen MR) is 137 cm³/mol. The van der Waals surface area contributed by atoms with Crippen LogP contribution in [-0.2, 0) is 0 Å². The topological polar surface area (TPSA) is 89.7 Å². The monoisotopic (exact) mass is 509 g/mol. The molecule has 4 aromatic rings. The first-order chi connectivity index (χ1) is 18.3. The molecule has 0 aliphatic carbocycles. The second-order valence-electron chi connectivity index (χ2n) is 10.2. The van der Waals surface area contributed by atoms with E-state index in [2.05, 4.69) is 27.2 Å². The fourth-order valence-corrected chi connectivity index (χ4v) is 5.55. The van der Waals surface area contributed by atoms with Crippen molar-refractivity contribution in [2.45, 2.75) is 31.5 Å². The number of hydrogen-bond donors (Lipinski definition) is 0. The highest BCUT2D eigenvalue weighted by molar-refractivity contribution is 5.56. The third kappa shape index (κ3) is 5.04. The molecule has 6 nitrogen and oxygen atoms in total. The van der Waals surface area contributed by atoms with Crippen LogP contribution in [0.25, 0.3) is 11.4 Å². The molecular formula is C30H25F2N5O. The van der Waals surface area contributed by atoms with E-state index in [1.165, 1.54) is 32.4 Å². The molecule has 38 heavy (non-hydrogen) atoms. The molecule has 1 unspecified atom stereocenters. The van der Waals surface area contributed by atoms with Gasteiger partial charge >= 0.3 is 0 Å². The summed E-state index contributed by atoms with van der Waals surface area (Å²) in [6.45, 7) is 4.17. The highest BCUT2D eigenvalue weighted by atomic mass is 19.1. The summed E-state index contributed by atoms with van der Waals surface area (Å²) in [7, 11) is 0. The van der Waals surface area contributed by atoms with Crippen molar-refractivity contribution in [1.29, 1.82) is 10.5 Å². The van der Waals surface area contributed by atoms with E-state index in [1.807, 2.05) is 30.3 Å². The van der Waals surface area contributed by atoms with E-state index >= 15 is 4.39 Å². The molecule has 0 saturated carbocycles. The van der Waals surface area contributed by atoms with Crippen LogP contribution in [0.4, 0.5) is 8.78 Å². The minimum atomic E-state index is -1.62. The van der Waals surface area contributed by atoms with Gasteiger partial charge in [-0.05, 0) is 78.9 Å². The van der Waals surface area contributed by atoms with Crippen LogP contribution in [0.15, 0.2) is 77.6 Å². The SMILES string of the molecule is CC(C)(F)[C@H](c1cc(F)cc(-c2ncon2)c1)C1CN(C(c2ccc(C#N)cc2)c2cccc(C#N)c2)C1. The smallest absolute Gasteiger partial charge is 0.214 e. The number of benzene rings is 3. The van der Waals surface area contributed by atoms with Crippen LogP contribution >= 0.6 is 0 Å². The summed E-state index contributed by atoms with van der Waals surface area (Å²) in [5, 5.41) is 22.5. The molecule has 3 aromatic carbocycles. The third-order valence-corrected chi connectivity index (χ3v) is 7.10. The zero-order chi connectivity index (χ0) is 26.9. The van der Waals surface area contributed by atoms with Crippen molar-refractivity contribution in [3.05, 3.63) is 107 Å². The first-order valence-electron chi connectivity index (χ1n) is 12.3. The average molecular weight is 510 g/mol. The van der Waals surface area contributed by atoms with Crippen LogP contribution in [-0.4, -0.2) is 33.8 Å². The minimum absolute atomic E-state index is 0.0880. The Morgan fingerprint density at radius 1 is 0.947 bits per heavy atom. The zero-order valence-corrected chi connectivity index (χ0v) is 21.0. The zero-order valence-electron chi connectivity index (χ0n) is 21.0. The highest BCUT2D eigenvalue weighted by Crippen LogP contribution is 2.46. The predicted octanol–water partition coefficient (Wildman–Crippen LogP) is 6.17. The lowest BCUT2D eigenvalue weighted by molar-refractivity contribution is 0.00814. The molecule has 2 heterocycles. The van der Waals surface area contributed by atoms with Crippen molar-refractivity contribution in [2.75, 3.05) is 13.1 Å². The maximum atomic E-state index is 15.7. The summed E-state index contributed by atoms with van der Waals surface area (Å²) >= 11 is 0. The molecule has 0 radical (unpaired) electrons. The van der Waals surface area contributed by atoms with E-state index in [9.17, 15) is 14.9 Å². The number of aromatic nitrogens is 2. The van der Waals surface area contributed by atoms with Gasteiger partial charge in [-0.3, -0.25) is 4.90 Å². The van der Waals surface area contributed by atoms with Gasteiger partial charge in [0.1, 0.15) is 11.5 Å². The van der Waals surface area contributed by atoms with Crippen LogP contribution in [0, 0.1) is 34.4 Å². The van der Waals surface area contributed by atoms with Crippen LogP contribution in [0.2, 0.25) is 0 Å². The van der Waals surface area contributed by atoms with E-state index in [0.717, 1.165) is 11.1 Å². The first kappa shape index (κ1) is 25.3. The summed E-state index contributed by atoms with van der Waals surface area (Å²) < 4.78 is 35.2. The van der Waals surface area contributed by atoms with Gasteiger partial charge in [-0.1, -0.05) is 29.4 Å². The van der Waals surface area contributed by atoms with Gasteiger partial charge in [0, 0.05) is 24.6 Å². The largest absolute Gasteiger partial charge is 0.342 e. The normalized spacial score (nSPS) is 15.7. The molecule has 1 aromatic heterocycles. The van der Waals surface area contributed by atoms with E-state index in [0.29, 0.717) is 35.3 Å². The molecule has 8 heteroatoms. The summed E-state index contributed by atoms with van der Waals surface area (Å²) in [6.07, 6.45) is 1.17. The minimum Gasteiger partial charge on any atom is -0.342 e. The second kappa shape index (κ2) is 10.2. The Bertz CT molecular complexity index is 1510. The van der Waals surface area contributed by atoms with E-state index in [1.54, 1.807) is 24.3 Å². The number of nitriles is 2. The standard InChI is InChI=1S/C30H25F2N5O/c1-30(2,32)27(23-11-24(13-26(31)12-23)29-35-18-38-36-29)25-16-37(17-25)28(21-8-6-19(14-33)7-9-21)22-5-3-4-20(10-22)15-34/h3-13,18,25,27-28H,16-17H2,1-2H3/t27-,28?/m1/s1. The van der Waals surface area contributed by atoms with Crippen LogP contribution in [0.3, 0.4) is 0 Å². The lowest BCUT2D eigenvalue weighted by atomic mass is 9.72. The molecule has 0 amide bonds. The third-order valence-electron chi connectivity index (χ3n) is 7.10. The number of rotatable bonds is 7. The van der Waals surface area contributed by atoms with Crippen molar-refractivity contribution >= 4 is 0 Å². The lowest BCUT2D eigenvalue weighted by Gasteiger charge is -2.50. The van der Waals surface area contributed by atoms with E-state index in [-0.39, 0.29) is 17.8 Å². The number of nitrogens with zero attached hydrogens (tertiary/aromatic N) is 5. The maximum absolute atomic E-state index is 15.7. The molecule has 1 saturated heterocycles. The van der Waals surface area contributed by atoms with Crippen molar-refractivity contribution in [2.24, 2.45) is 5.92 Å². The summed E-state index contributed by atoms with van der Waals surface area (Å²) in [5.41, 5.74) is 2.37. The Balaban J connectivity index is 1.47. The average Bonchev–Trinajstić information content (AvgIpc) is 3.42. The molecule has 1 aliphatic rings. The molecule has 0 bridgehead atoms. The van der Waals surface area contributed by atoms with Gasteiger partial charge in [-0.15, -0.1) is 0 Å². The molecule has 1 fully saturated rings. The quantitative estimate of drug-likeness (QED) is 0.296. The van der Waals surface area contributed by atoms with Crippen molar-refractivity contribution in [3.63, 3.8) is 0 Å². The fourth-order valence-electron chi connectivity index (χ4n) is 5.55. The van der Waals surface area contributed by atoms with Gasteiger partial charge in [-0.2, -0.15) is 15.5 Å².